The minimum Gasteiger partial charge on any atom is -0.486 e. The van der Waals surface area contributed by atoms with E-state index in [-0.39, 0.29) is 18.7 Å². The van der Waals surface area contributed by atoms with E-state index in [0.29, 0.717) is 30.4 Å². The maximum atomic E-state index is 12.5. The normalized spacial score (nSPS) is 18.7. The number of hydrogen-bond donors (Lipinski definition) is 2. The largest absolute Gasteiger partial charge is 0.486 e. The Kier molecular flexibility index (Phi) is 4.92. The maximum Gasteiger partial charge on any atom is 0.303 e. The minimum atomic E-state index is -0.830. The molecule has 1 fully saturated rings. The van der Waals surface area contributed by atoms with E-state index in [4.69, 9.17) is 9.47 Å². The molecule has 1 aliphatic heterocycles. The van der Waals surface area contributed by atoms with Crippen molar-refractivity contribution in [3.05, 3.63) is 18.2 Å². The Morgan fingerprint density at radius 2 is 1.75 bits per heavy atom. The summed E-state index contributed by atoms with van der Waals surface area (Å²) in [6, 6.07) is 5.30. The van der Waals surface area contributed by atoms with Crippen LogP contribution in [0.5, 0.6) is 11.5 Å². The van der Waals surface area contributed by atoms with Crippen LogP contribution in [-0.2, 0) is 9.59 Å². The smallest absolute Gasteiger partial charge is 0.303 e. The highest BCUT2D eigenvalue weighted by molar-refractivity contribution is 5.92. The van der Waals surface area contributed by atoms with E-state index in [1.165, 1.54) is 0 Å². The molecule has 0 saturated heterocycles. The first-order chi connectivity index (χ1) is 11.6. The van der Waals surface area contributed by atoms with E-state index in [9.17, 15) is 14.7 Å². The van der Waals surface area contributed by atoms with Crippen molar-refractivity contribution in [1.82, 2.24) is 0 Å². The number of carboxylic acid groups (broad SMARTS) is 1. The van der Waals surface area contributed by atoms with Gasteiger partial charge >= 0.3 is 5.97 Å². The predicted octanol–water partition coefficient (Wildman–Crippen LogP) is 3.21. The number of benzene rings is 1. The average molecular weight is 333 g/mol. The third-order valence-electron chi connectivity index (χ3n) is 4.80. The second kappa shape index (κ2) is 7.11. The molecule has 0 spiro atoms. The highest BCUT2D eigenvalue weighted by Crippen LogP contribution is 2.42. The Morgan fingerprint density at radius 1 is 1.04 bits per heavy atom. The fraction of sp³-hybridized carbons (Fsp3) is 0.556. The Labute approximate surface area is 141 Å². The number of ether oxygens (including phenoxy) is 2. The molecule has 0 aromatic heterocycles. The summed E-state index contributed by atoms with van der Waals surface area (Å²) in [6.07, 6.45) is 5.00. The fourth-order valence-electron chi connectivity index (χ4n) is 3.71. The van der Waals surface area contributed by atoms with Crippen molar-refractivity contribution in [1.29, 1.82) is 0 Å². The number of anilines is 1. The van der Waals surface area contributed by atoms with Gasteiger partial charge in [0.2, 0.25) is 5.91 Å². The summed E-state index contributed by atoms with van der Waals surface area (Å²) in [6.45, 7) is 1.02. The summed E-state index contributed by atoms with van der Waals surface area (Å²) in [5.74, 6) is 0.324. The molecule has 1 heterocycles. The SMILES string of the molecule is O=C(O)CC1(CC(=O)Nc2ccc3c(c2)OCCO3)CCCCC1. The van der Waals surface area contributed by atoms with E-state index in [1.54, 1.807) is 18.2 Å². The van der Waals surface area contributed by atoms with Gasteiger partial charge in [-0.1, -0.05) is 19.3 Å². The average Bonchev–Trinajstić information content (AvgIpc) is 2.54. The van der Waals surface area contributed by atoms with Crippen LogP contribution in [0, 0.1) is 5.41 Å². The lowest BCUT2D eigenvalue weighted by molar-refractivity contribution is -0.140. The molecule has 0 unspecified atom stereocenters. The number of carboxylic acids is 1. The van der Waals surface area contributed by atoms with Crippen molar-refractivity contribution >= 4 is 17.6 Å². The van der Waals surface area contributed by atoms with Crippen LogP contribution in [0.4, 0.5) is 5.69 Å². The van der Waals surface area contributed by atoms with Gasteiger partial charge in [0, 0.05) is 18.2 Å². The number of aliphatic carboxylic acids is 1. The van der Waals surface area contributed by atoms with Crippen LogP contribution in [-0.4, -0.2) is 30.2 Å². The maximum absolute atomic E-state index is 12.5. The van der Waals surface area contributed by atoms with Gasteiger partial charge in [0.1, 0.15) is 13.2 Å². The van der Waals surface area contributed by atoms with Crippen molar-refractivity contribution in [3.8, 4) is 11.5 Å². The molecular formula is C18H23NO5. The van der Waals surface area contributed by atoms with Crippen LogP contribution in [0.25, 0.3) is 0 Å². The van der Waals surface area contributed by atoms with Gasteiger partial charge in [-0.15, -0.1) is 0 Å². The van der Waals surface area contributed by atoms with Gasteiger partial charge in [0.25, 0.3) is 0 Å². The predicted molar refractivity (Wildman–Crippen MR) is 88.4 cm³/mol. The van der Waals surface area contributed by atoms with Crippen LogP contribution < -0.4 is 14.8 Å². The van der Waals surface area contributed by atoms with Crippen LogP contribution in [0.2, 0.25) is 0 Å². The van der Waals surface area contributed by atoms with Crippen molar-refractivity contribution in [3.63, 3.8) is 0 Å². The number of rotatable bonds is 5. The first kappa shape index (κ1) is 16.6. The van der Waals surface area contributed by atoms with Crippen LogP contribution in [0.1, 0.15) is 44.9 Å². The lowest BCUT2D eigenvalue weighted by Crippen LogP contribution is -2.32. The first-order valence-corrected chi connectivity index (χ1v) is 8.48. The second-order valence-corrected chi connectivity index (χ2v) is 6.71. The molecule has 1 aromatic carbocycles. The molecule has 6 heteroatoms. The fourth-order valence-corrected chi connectivity index (χ4v) is 3.71. The molecule has 0 atom stereocenters. The van der Waals surface area contributed by atoms with Crippen molar-refractivity contribution in [2.24, 2.45) is 5.41 Å². The highest BCUT2D eigenvalue weighted by atomic mass is 16.6. The molecule has 2 aliphatic rings. The number of amides is 1. The molecule has 1 aliphatic carbocycles. The monoisotopic (exact) mass is 333 g/mol. The molecule has 0 radical (unpaired) electrons. The van der Waals surface area contributed by atoms with E-state index >= 15 is 0 Å². The summed E-state index contributed by atoms with van der Waals surface area (Å²) in [7, 11) is 0. The van der Waals surface area contributed by atoms with E-state index < -0.39 is 11.4 Å². The molecule has 1 saturated carbocycles. The Balaban J connectivity index is 1.66. The number of fused-ring (bicyclic) bond motifs is 1. The van der Waals surface area contributed by atoms with Crippen molar-refractivity contribution in [2.45, 2.75) is 44.9 Å². The van der Waals surface area contributed by atoms with Crippen LogP contribution >= 0.6 is 0 Å². The molecule has 1 amide bonds. The third kappa shape index (κ3) is 3.99. The van der Waals surface area contributed by atoms with Crippen molar-refractivity contribution < 1.29 is 24.2 Å². The van der Waals surface area contributed by atoms with Crippen LogP contribution in [0.15, 0.2) is 18.2 Å². The topological polar surface area (TPSA) is 84.9 Å². The number of carbonyl (C=O) groups is 2. The van der Waals surface area contributed by atoms with Gasteiger partial charge in [-0.05, 0) is 30.4 Å². The highest BCUT2D eigenvalue weighted by Gasteiger charge is 2.36. The molecule has 2 N–H and O–H groups in total. The lowest BCUT2D eigenvalue weighted by atomic mass is 9.69. The minimum absolute atomic E-state index is 0.0571. The quantitative estimate of drug-likeness (QED) is 0.864. The van der Waals surface area contributed by atoms with Gasteiger partial charge in [-0.2, -0.15) is 0 Å². The number of hydrogen-bond acceptors (Lipinski definition) is 4. The van der Waals surface area contributed by atoms with Crippen LogP contribution in [0.3, 0.4) is 0 Å². The molecule has 130 valence electrons. The summed E-state index contributed by atoms with van der Waals surface area (Å²) in [5.41, 5.74) is 0.229. The molecule has 24 heavy (non-hydrogen) atoms. The van der Waals surface area contributed by atoms with Gasteiger partial charge < -0.3 is 19.9 Å². The zero-order valence-corrected chi connectivity index (χ0v) is 13.7. The molecule has 1 aromatic rings. The molecule has 0 bridgehead atoms. The Morgan fingerprint density at radius 3 is 2.46 bits per heavy atom. The third-order valence-corrected chi connectivity index (χ3v) is 4.80. The Bertz CT molecular complexity index is 622. The van der Waals surface area contributed by atoms with E-state index in [1.807, 2.05) is 0 Å². The summed E-state index contributed by atoms with van der Waals surface area (Å²) < 4.78 is 11.0. The van der Waals surface area contributed by atoms with Gasteiger partial charge in [-0.25, -0.2) is 0 Å². The van der Waals surface area contributed by atoms with Gasteiger partial charge in [0.05, 0.1) is 6.42 Å². The molecule has 3 rings (SSSR count). The van der Waals surface area contributed by atoms with Gasteiger partial charge in [-0.3, -0.25) is 9.59 Å². The zero-order chi connectivity index (χ0) is 17.0. The van der Waals surface area contributed by atoms with E-state index in [0.717, 1.165) is 32.1 Å². The second-order valence-electron chi connectivity index (χ2n) is 6.71. The Hall–Kier alpha value is -2.24. The molecule has 6 nitrogen and oxygen atoms in total. The molecular weight excluding hydrogens is 310 g/mol. The zero-order valence-electron chi connectivity index (χ0n) is 13.7. The summed E-state index contributed by atoms with van der Waals surface area (Å²) in [5, 5.41) is 12.1. The van der Waals surface area contributed by atoms with Gasteiger partial charge in [0.15, 0.2) is 11.5 Å². The summed E-state index contributed by atoms with van der Waals surface area (Å²) >= 11 is 0. The number of carbonyl (C=O) groups excluding carboxylic acids is 1. The van der Waals surface area contributed by atoms with Crippen molar-refractivity contribution in [2.75, 3.05) is 18.5 Å². The number of nitrogens with one attached hydrogen (secondary N) is 1. The summed E-state index contributed by atoms with van der Waals surface area (Å²) in [4.78, 5) is 23.7. The van der Waals surface area contributed by atoms with E-state index in [2.05, 4.69) is 5.32 Å². The lowest BCUT2D eigenvalue weighted by Gasteiger charge is -2.35. The standard InChI is InChI=1S/C18H23NO5/c20-16(11-18(12-17(21)22)6-2-1-3-7-18)19-13-4-5-14-15(10-13)24-9-8-23-14/h4-5,10H,1-3,6-9,11-12H2,(H,19,20)(H,21,22). The first-order valence-electron chi connectivity index (χ1n) is 8.48.